The minimum Gasteiger partial charge on any atom is -0.447 e. The van der Waals surface area contributed by atoms with Crippen molar-refractivity contribution in [3.05, 3.63) is 17.5 Å². The van der Waals surface area contributed by atoms with Gasteiger partial charge in [0.05, 0.1) is 17.8 Å². The van der Waals surface area contributed by atoms with Crippen LogP contribution in [0.1, 0.15) is 62.8 Å². The molecule has 6 nitrogen and oxygen atoms in total. The third-order valence-electron chi connectivity index (χ3n) is 6.05. The first-order valence-electron chi connectivity index (χ1n) is 9.32. The van der Waals surface area contributed by atoms with Crippen LogP contribution in [-0.4, -0.2) is 52.8 Å². The zero-order chi connectivity index (χ0) is 16.6. The van der Waals surface area contributed by atoms with Crippen LogP contribution in [-0.2, 0) is 11.3 Å². The lowest BCUT2D eigenvalue weighted by Gasteiger charge is -2.43. The maximum absolute atomic E-state index is 11.9. The van der Waals surface area contributed by atoms with Crippen molar-refractivity contribution in [1.29, 1.82) is 0 Å². The number of aromatic nitrogens is 1. The summed E-state index contributed by atoms with van der Waals surface area (Å²) in [6.07, 6.45) is 7.20. The summed E-state index contributed by atoms with van der Waals surface area (Å²) in [4.78, 5) is 16.2. The zero-order valence-corrected chi connectivity index (χ0v) is 14.5. The van der Waals surface area contributed by atoms with Crippen molar-refractivity contribution in [3.8, 4) is 0 Å². The Labute approximate surface area is 143 Å². The SMILES string of the molecule is CCC12COC(=O)N1CCN(Cc1cc(C3CCCCC3)no1)C2. The van der Waals surface area contributed by atoms with Gasteiger partial charge in [0.1, 0.15) is 6.61 Å². The van der Waals surface area contributed by atoms with Crippen LogP contribution in [0.4, 0.5) is 4.79 Å². The fraction of sp³-hybridized carbons (Fsp3) is 0.778. The minimum atomic E-state index is -0.165. The van der Waals surface area contributed by atoms with Crippen molar-refractivity contribution < 1.29 is 14.1 Å². The Bertz CT molecular complexity index is 596. The average molecular weight is 333 g/mol. The van der Waals surface area contributed by atoms with Crippen molar-refractivity contribution in [2.24, 2.45) is 0 Å². The molecule has 3 fully saturated rings. The Morgan fingerprint density at radius 3 is 2.92 bits per heavy atom. The van der Waals surface area contributed by atoms with Gasteiger partial charge in [-0.3, -0.25) is 9.80 Å². The highest BCUT2D eigenvalue weighted by molar-refractivity contribution is 5.71. The predicted octanol–water partition coefficient (Wildman–Crippen LogP) is 3.14. The molecular formula is C18H27N3O3. The molecule has 1 unspecified atom stereocenters. The summed E-state index contributed by atoms with van der Waals surface area (Å²) in [7, 11) is 0. The summed E-state index contributed by atoms with van der Waals surface area (Å²) in [5.41, 5.74) is 0.967. The number of rotatable bonds is 4. The number of ether oxygens (including phenoxy) is 1. The van der Waals surface area contributed by atoms with Crippen molar-refractivity contribution in [3.63, 3.8) is 0 Å². The van der Waals surface area contributed by atoms with Crippen molar-refractivity contribution in [2.75, 3.05) is 26.2 Å². The quantitative estimate of drug-likeness (QED) is 0.847. The molecule has 4 rings (SSSR count). The molecule has 1 aromatic rings. The van der Waals surface area contributed by atoms with Crippen LogP contribution >= 0.6 is 0 Å². The van der Waals surface area contributed by atoms with E-state index in [1.165, 1.54) is 32.1 Å². The molecule has 0 N–H and O–H groups in total. The molecule has 132 valence electrons. The zero-order valence-electron chi connectivity index (χ0n) is 14.5. The smallest absolute Gasteiger partial charge is 0.410 e. The van der Waals surface area contributed by atoms with E-state index < -0.39 is 0 Å². The predicted molar refractivity (Wildman–Crippen MR) is 88.7 cm³/mol. The Morgan fingerprint density at radius 1 is 1.29 bits per heavy atom. The highest BCUT2D eigenvalue weighted by Crippen LogP contribution is 2.34. The molecular weight excluding hydrogens is 306 g/mol. The van der Waals surface area contributed by atoms with E-state index in [1.54, 1.807) is 0 Å². The first-order chi connectivity index (χ1) is 11.7. The molecule has 0 bridgehead atoms. The summed E-state index contributed by atoms with van der Waals surface area (Å²) < 4.78 is 10.9. The first kappa shape index (κ1) is 15.9. The van der Waals surface area contributed by atoms with Gasteiger partial charge in [0.25, 0.3) is 0 Å². The number of cyclic esters (lactones) is 1. The van der Waals surface area contributed by atoms with E-state index in [4.69, 9.17) is 9.26 Å². The molecule has 2 aliphatic heterocycles. The van der Waals surface area contributed by atoms with Crippen LogP contribution in [0.5, 0.6) is 0 Å². The summed E-state index contributed by atoms with van der Waals surface area (Å²) in [6, 6.07) is 2.15. The van der Waals surface area contributed by atoms with Gasteiger partial charge in [0.2, 0.25) is 0 Å². The van der Waals surface area contributed by atoms with E-state index in [2.05, 4.69) is 23.0 Å². The summed E-state index contributed by atoms with van der Waals surface area (Å²) in [5, 5.41) is 4.33. The van der Waals surface area contributed by atoms with Crippen molar-refractivity contribution in [2.45, 2.75) is 63.5 Å². The third-order valence-corrected chi connectivity index (χ3v) is 6.05. The highest BCUT2D eigenvalue weighted by atomic mass is 16.6. The lowest BCUT2D eigenvalue weighted by atomic mass is 9.87. The van der Waals surface area contributed by atoms with Crippen LogP contribution in [0.2, 0.25) is 0 Å². The van der Waals surface area contributed by atoms with Crippen LogP contribution in [0.25, 0.3) is 0 Å². The molecule has 1 saturated carbocycles. The largest absolute Gasteiger partial charge is 0.447 e. The van der Waals surface area contributed by atoms with Gasteiger partial charge >= 0.3 is 6.09 Å². The standard InChI is InChI=1S/C18H27N3O3/c1-2-18-12-20(8-9-21(18)17(22)23-13-18)11-15-10-16(19-24-15)14-6-4-3-5-7-14/h10,14H,2-9,11-13H2,1H3. The number of nitrogens with zero attached hydrogens (tertiary/aromatic N) is 3. The Morgan fingerprint density at radius 2 is 2.12 bits per heavy atom. The maximum Gasteiger partial charge on any atom is 0.410 e. The number of hydrogen-bond donors (Lipinski definition) is 0. The second-order valence-electron chi connectivity index (χ2n) is 7.55. The highest BCUT2D eigenvalue weighted by Gasteiger charge is 2.49. The maximum atomic E-state index is 11.9. The monoisotopic (exact) mass is 333 g/mol. The van der Waals surface area contributed by atoms with E-state index in [1.807, 2.05) is 4.90 Å². The van der Waals surface area contributed by atoms with Crippen LogP contribution in [0, 0.1) is 0 Å². The molecule has 0 aromatic carbocycles. The summed E-state index contributed by atoms with van der Waals surface area (Å²) in [6.45, 7) is 5.83. The van der Waals surface area contributed by atoms with Crippen molar-refractivity contribution >= 4 is 6.09 Å². The van der Waals surface area contributed by atoms with Gasteiger partial charge in [-0.25, -0.2) is 4.79 Å². The van der Waals surface area contributed by atoms with E-state index in [-0.39, 0.29) is 11.6 Å². The molecule has 0 radical (unpaired) electrons. The van der Waals surface area contributed by atoms with Crippen molar-refractivity contribution in [1.82, 2.24) is 15.0 Å². The van der Waals surface area contributed by atoms with E-state index in [0.29, 0.717) is 12.5 Å². The van der Waals surface area contributed by atoms with Crippen LogP contribution in [0.3, 0.4) is 0 Å². The Hall–Kier alpha value is -1.56. The number of hydrogen-bond acceptors (Lipinski definition) is 5. The molecule has 2 saturated heterocycles. The Balaban J connectivity index is 1.41. The van der Waals surface area contributed by atoms with E-state index >= 15 is 0 Å². The molecule has 3 heterocycles. The van der Waals surface area contributed by atoms with E-state index in [0.717, 1.165) is 44.1 Å². The van der Waals surface area contributed by atoms with Gasteiger partial charge in [-0.15, -0.1) is 0 Å². The number of piperazine rings is 1. The molecule has 1 aromatic heterocycles. The first-order valence-corrected chi connectivity index (χ1v) is 9.32. The molecule has 24 heavy (non-hydrogen) atoms. The fourth-order valence-electron chi connectivity index (χ4n) is 4.50. The van der Waals surface area contributed by atoms with Crippen LogP contribution < -0.4 is 0 Å². The van der Waals surface area contributed by atoms with Gasteiger partial charge in [-0.05, 0) is 19.3 Å². The fourth-order valence-corrected chi connectivity index (χ4v) is 4.50. The second-order valence-corrected chi connectivity index (χ2v) is 7.55. The van der Waals surface area contributed by atoms with Gasteiger partial charge in [0, 0.05) is 31.6 Å². The minimum absolute atomic E-state index is 0.157. The normalized spacial score (nSPS) is 28.9. The van der Waals surface area contributed by atoms with Crippen LogP contribution in [0.15, 0.2) is 10.6 Å². The third kappa shape index (κ3) is 2.81. The molecule has 1 amide bonds. The average Bonchev–Trinajstić information content (AvgIpc) is 3.21. The lowest BCUT2D eigenvalue weighted by molar-refractivity contribution is 0.0406. The number of carbonyl (C=O) groups is 1. The molecule has 1 aliphatic carbocycles. The van der Waals surface area contributed by atoms with E-state index in [9.17, 15) is 4.79 Å². The molecule has 0 spiro atoms. The second kappa shape index (κ2) is 6.39. The molecule has 6 heteroatoms. The van der Waals surface area contributed by atoms with Gasteiger partial charge in [-0.2, -0.15) is 0 Å². The van der Waals surface area contributed by atoms with Gasteiger partial charge in [-0.1, -0.05) is 31.3 Å². The lowest BCUT2D eigenvalue weighted by Crippen LogP contribution is -2.60. The summed E-state index contributed by atoms with van der Waals surface area (Å²) >= 11 is 0. The topological polar surface area (TPSA) is 58.8 Å². The van der Waals surface area contributed by atoms with Gasteiger partial charge in [0.15, 0.2) is 5.76 Å². The molecule has 3 aliphatic rings. The molecule has 1 atom stereocenters. The van der Waals surface area contributed by atoms with Gasteiger partial charge < -0.3 is 9.26 Å². The summed E-state index contributed by atoms with van der Waals surface area (Å²) in [5.74, 6) is 1.52. The number of amides is 1. The Kier molecular flexibility index (Phi) is 4.24. The number of fused-ring (bicyclic) bond motifs is 1. The number of carbonyl (C=O) groups excluding carboxylic acids is 1.